The van der Waals surface area contributed by atoms with Crippen LogP contribution in [0.4, 0.5) is 0 Å². The molecule has 0 saturated carbocycles. The lowest BCUT2D eigenvalue weighted by molar-refractivity contribution is -0.166. The minimum absolute atomic E-state index is 0.369. The van der Waals surface area contributed by atoms with Crippen LogP contribution in [0.3, 0.4) is 0 Å². The van der Waals surface area contributed by atoms with Crippen LogP contribution in [0.5, 0.6) is 0 Å². The first-order valence-electron chi connectivity index (χ1n) is 2.64. The maximum atomic E-state index is 5.18. The standard InChI is InChI=1S/C5H10O2/c1-5-4-6-2-3-7-5/h5H,2-4H2,1H3/p+1. The van der Waals surface area contributed by atoms with Gasteiger partial charge in [-0.05, 0) is 6.92 Å². The van der Waals surface area contributed by atoms with Crippen molar-refractivity contribution in [1.82, 2.24) is 0 Å². The molecule has 1 saturated heterocycles. The van der Waals surface area contributed by atoms with E-state index >= 15 is 0 Å². The fourth-order valence-corrected chi connectivity index (χ4v) is 0.644. The van der Waals surface area contributed by atoms with Gasteiger partial charge in [0.25, 0.3) is 0 Å². The summed E-state index contributed by atoms with van der Waals surface area (Å²) >= 11 is 0. The first kappa shape index (κ1) is 5.06. The van der Waals surface area contributed by atoms with E-state index in [1.165, 1.54) is 0 Å². The summed E-state index contributed by atoms with van der Waals surface area (Å²) in [6, 6.07) is 0. The minimum atomic E-state index is 0.369. The van der Waals surface area contributed by atoms with Crippen LogP contribution < -0.4 is 0 Å². The van der Waals surface area contributed by atoms with Crippen molar-refractivity contribution in [3.63, 3.8) is 0 Å². The van der Waals surface area contributed by atoms with E-state index in [2.05, 4.69) is 4.74 Å². The molecule has 1 aliphatic heterocycles. The van der Waals surface area contributed by atoms with Gasteiger partial charge >= 0.3 is 0 Å². The molecule has 0 bridgehead atoms. The first-order valence-corrected chi connectivity index (χ1v) is 2.64. The summed E-state index contributed by atoms with van der Waals surface area (Å²) in [6.45, 7) is 4.65. The van der Waals surface area contributed by atoms with E-state index in [4.69, 9.17) is 4.74 Å². The molecule has 0 aromatic rings. The number of hydrogen-bond donors (Lipinski definition) is 0. The van der Waals surface area contributed by atoms with Crippen molar-refractivity contribution in [2.45, 2.75) is 13.0 Å². The summed E-state index contributed by atoms with van der Waals surface area (Å²) in [7, 11) is 0. The van der Waals surface area contributed by atoms with Gasteiger partial charge in [-0.1, -0.05) is 0 Å². The molecule has 0 aliphatic carbocycles. The molecule has 1 unspecified atom stereocenters. The largest absolute Gasteiger partial charge is 0.430 e. The third-order valence-electron chi connectivity index (χ3n) is 1.04. The SMILES string of the molecule is CC1C[OH+]CCO1. The van der Waals surface area contributed by atoms with Crippen molar-refractivity contribution in [2.75, 3.05) is 19.8 Å². The Hall–Kier alpha value is -0.0800. The van der Waals surface area contributed by atoms with Gasteiger partial charge in [-0.3, -0.25) is 0 Å². The Labute approximate surface area is 43.4 Å². The van der Waals surface area contributed by atoms with Crippen molar-refractivity contribution < 1.29 is 9.47 Å². The van der Waals surface area contributed by atoms with E-state index in [0.29, 0.717) is 6.10 Å². The van der Waals surface area contributed by atoms with E-state index in [9.17, 15) is 0 Å². The molecule has 7 heavy (non-hydrogen) atoms. The molecule has 42 valence electrons. The summed E-state index contributed by atoms with van der Waals surface area (Å²) < 4.78 is 9.32. The van der Waals surface area contributed by atoms with Crippen molar-refractivity contribution >= 4 is 0 Å². The van der Waals surface area contributed by atoms with E-state index in [1.54, 1.807) is 0 Å². The summed E-state index contributed by atoms with van der Waals surface area (Å²) in [5, 5.41) is 0. The summed E-state index contributed by atoms with van der Waals surface area (Å²) in [5.41, 5.74) is 0. The highest BCUT2D eigenvalue weighted by molar-refractivity contribution is 4.49. The maximum absolute atomic E-state index is 5.18. The summed E-state index contributed by atoms with van der Waals surface area (Å²) in [5.74, 6) is 0. The van der Waals surface area contributed by atoms with E-state index in [-0.39, 0.29) is 0 Å². The topological polar surface area (TPSA) is 22.0 Å². The maximum Gasteiger partial charge on any atom is 0.171 e. The lowest BCUT2D eigenvalue weighted by atomic mass is 10.4. The van der Waals surface area contributed by atoms with Crippen molar-refractivity contribution in [2.24, 2.45) is 0 Å². The van der Waals surface area contributed by atoms with Gasteiger partial charge in [0.15, 0.2) is 13.2 Å². The zero-order chi connectivity index (χ0) is 5.11. The molecule has 1 heterocycles. The van der Waals surface area contributed by atoms with Crippen LogP contribution in [0.25, 0.3) is 0 Å². The molecular formula is C5H11O2+. The Morgan fingerprint density at radius 1 is 1.71 bits per heavy atom. The van der Waals surface area contributed by atoms with Crippen molar-refractivity contribution in [3.8, 4) is 0 Å². The highest BCUT2D eigenvalue weighted by Gasteiger charge is 2.10. The Bertz CT molecular complexity index is 48.0. The van der Waals surface area contributed by atoms with E-state index < -0.39 is 0 Å². The Balaban J connectivity index is 2.12. The predicted octanol–water partition coefficient (Wildman–Crippen LogP) is -0.0669. The van der Waals surface area contributed by atoms with Crippen LogP contribution in [0.1, 0.15) is 6.92 Å². The fraction of sp³-hybridized carbons (Fsp3) is 1.00. The van der Waals surface area contributed by atoms with Gasteiger partial charge in [-0.25, -0.2) is 0 Å². The number of rotatable bonds is 0. The van der Waals surface area contributed by atoms with Crippen LogP contribution in [0.15, 0.2) is 0 Å². The molecular weight excluding hydrogens is 92.1 g/mol. The Morgan fingerprint density at radius 3 is 2.86 bits per heavy atom. The fourth-order valence-electron chi connectivity index (χ4n) is 0.644. The monoisotopic (exact) mass is 103 g/mol. The van der Waals surface area contributed by atoms with E-state index in [0.717, 1.165) is 19.8 Å². The van der Waals surface area contributed by atoms with Gasteiger partial charge in [0.1, 0.15) is 12.7 Å². The highest BCUT2D eigenvalue weighted by Crippen LogP contribution is 1.94. The number of hydrogen-bond acceptors (Lipinski definition) is 1. The second kappa shape index (κ2) is 2.28. The molecule has 1 aliphatic rings. The Kier molecular flexibility index (Phi) is 1.65. The molecule has 0 amide bonds. The van der Waals surface area contributed by atoms with Crippen LogP contribution in [0.2, 0.25) is 0 Å². The van der Waals surface area contributed by atoms with Gasteiger partial charge < -0.3 is 9.47 Å². The van der Waals surface area contributed by atoms with Gasteiger partial charge in [-0.15, -0.1) is 0 Å². The third kappa shape index (κ3) is 1.45. The van der Waals surface area contributed by atoms with Crippen LogP contribution in [0, 0.1) is 0 Å². The van der Waals surface area contributed by atoms with Crippen LogP contribution >= 0.6 is 0 Å². The van der Waals surface area contributed by atoms with Crippen LogP contribution in [-0.4, -0.2) is 30.7 Å². The number of ether oxygens (including phenoxy) is 2. The quantitative estimate of drug-likeness (QED) is 0.393. The Morgan fingerprint density at radius 2 is 2.57 bits per heavy atom. The van der Waals surface area contributed by atoms with Gasteiger partial charge in [0, 0.05) is 0 Å². The lowest BCUT2D eigenvalue weighted by Gasteiger charge is -2.14. The third-order valence-corrected chi connectivity index (χ3v) is 1.04. The van der Waals surface area contributed by atoms with Gasteiger partial charge in [0.2, 0.25) is 0 Å². The molecule has 0 radical (unpaired) electrons. The average Bonchev–Trinajstić information content (AvgIpc) is 1.69. The van der Waals surface area contributed by atoms with Crippen molar-refractivity contribution in [1.29, 1.82) is 0 Å². The summed E-state index contributed by atoms with van der Waals surface area (Å²) in [4.78, 5) is 0. The zero-order valence-corrected chi connectivity index (χ0v) is 4.55. The predicted molar refractivity (Wildman–Crippen MR) is 27.4 cm³/mol. The second-order valence-electron chi connectivity index (χ2n) is 1.81. The molecule has 1 N–H and O–H groups in total. The molecule has 1 atom stereocenters. The van der Waals surface area contributed by atoms with Gasteiger partial charge in [-0.2, -0.15) is 0 Å². The lowest BCUT2D eigenvalue weighted by Crippen LogP contribution is -2.28. The molecule has 0 aromatic carbocycles. The summed E-state index contributed by atoms with van der Waals surface area (Å²) in [6.07, 6.45) is 0.369. The molecule has 1 fully saturated rings. The molecule has 2 nitrogen and oxygen atoms in total. The van der Waals surface area contributed by atoms with E-state index in [1.807, 2.05) is 6.92 Å². The zero-order valence-electron chi connectivity index (χ0n) is 4.55. The molecule has 1 rings (SSSR count). The molecule has 0 aromatic heterocycles. The van der Waals surface area contributed by atoms with Gasteiger partial charge in [0.05, 0.1) is 0 Å². The highest BCUT2D eigenvalue weighted by atomic mass is 16.6. The van der Waals surface area contributed by atoms with Crippen molar-refractivity contribution in [3.05, 3.63) is 0 Å². The van der Waals surface area contributed by atoms with Crippen LogP contribution in [-0.2, 0) is 4.74 Å². The molecule has 2 heteroatoms. The molecule has 0 spiro atoms. The number of aliphatic hydroxyl groups is 2. The smallest absolute Gasteiger partial charge is 0.171 e. The normalized spacial score (nSPS) is 33.0. The second-order valence-corrected chi connectivity index (χ2v) is 1.81. The average molecular weight is 103 g/mol. The minimum Gasteiger partial charge on any atom is -0.430 e. The first-order chi connectivity index (χ1) is 3.39.